The quantitative estimate of drug-likeness (QED) is 0.561. The Morgan fingerprint density at radius 2 is 2.03 bits per heavy atom. The van der Waals surface area contributed by atoms with Crippen LogP contribution in [0.3, 0.4) is 0 Å². The van der Waals surface area contributed by atoms with Gasteiger partial charge in [0.15, 0.2) is 4.96 Å². The van der Waals surface area contributed by atoms with Gasteiger partial charge in [0.1, 0.15) is 0 Å². The Hall–Kier alpha value is -1.87. The molecule has 0 radical (unpaired) electrons. The van der Waals surface area contributed by atoms with Gasteiger partial charge in [-0.1, -0.05) is 23.7 Å². The second kappa shape index (κ2) is 8.87. The van der Waals surface area contributed by atoms with E-state index in [-0.39, 0.29) is 16.7 Å². The highest BCUT2D eigenvalue weighted by Gasteiger charge is 2.26. The molecule has 4 rings (SSSR count). The maximum atomic E-state index is 12.8. The molecular formula is C20H21ClN4O2S2. The van der Waals surface area contributed by atoms with Gasteiger partial charge >= 0.3 is 0 Å². The first-order valence-electron chi connectivity index (χ1n) is 9.39. The lowest BCUT2D eigenvalue weighted by Crippen LogP contribution is -2.50. The van der Waals surface area contributed by atoms with Crippen molar-refractivity contribution in [2.75, 3.05) is 26.2 Å². The van der Waals surface area contributed by atoms with E-state index in [2.05, 4.69) is 9.88 Å². The van der Waals surface area contributed by atoms with Crippen LogP contribution in [0.25, 0.3) is 4.96 Å². The lowest BCUT2D eigenvalue weighted by molar-refractivity contribution is -0.132. The van der Waals surface area contributed by atoms with E-state index >= 15 is 0 Å². The van der Waals surface area contributed by atoms with Gasteiger partial charge < -0.3 is 4.90 Å². The van der Waals surface area contributed by atoms with Crippen molar-refractivity contribution >= 4 is 45.6 Å². The summed E-state index contributed by atoms with van der Waals surface area (Å²) in [6, 6.07) is 9.19. The largest absolute Gasteiger partial charge is 0.339 e. The molecule has 1 aromatic carbocycles. The van der Waals surface area contributed by atoms with Crippen molar-refractivity contribution in [1.82, 2.24) is 19.2 Å². The summed E-state index contributed by atoms with van der Waals surface area (Å²) >= 11 is 9.17. The van der Waals surface area contributed by atoms with E-state index in [0.717, 1.165) is 23.7 Å². The Morgan fingerprint density at radius 1 is 1.28 bits per heavy atom. The predicted octanol–water partition coefficient (Wildman–Crippen LogP) is 3.23. The van der Waals surface area contributed by atoms with E-state index in [1.807, 2.05) is 41.5 Å². The molecule has 1 saturated heterocycles. The number of fused-ring (bicyclic) bond motifs is 1. The molecule has 29 heavy (non-hydrogen) atoms. The Balaban J connectivity index is 1.33. The van der Waals surface area contributed by atoms with Crippen molar-refractivity contribution in [3.8, 4) is 0 Å². The minimum atomic E-state index is -0.190. The molecule has 6 nitrogen and oxygen atoms in total. The minimum Gasteiger partial charge on any atom is -0.339 e. The zero-order valence-electron chi connectivity index (χ0n) is 16.0. The van der Waals surface area contributed by atoms with Crippen LogP contribution in [0, 0.1) is 0 Å². The van der Waals surface area contributed by atoms with Gasteiger partial charge in [0.2, 0.25) is 5.91 Å². The van der Waals surface area contributed by atoms with Crippen LogP contribution in [0.1, 0.15) is 12.6 Å². The number of halogens is 1. The number of aromatic nitrogens is 2. The molecule has 1 fully saturated rings. The summed E-state index contributed by atoms with van der Waals surface area (Å²) in [6.45, 7) is 5.42. The fourth-order valence-electron chi connectivity index (χ4n) is 3.36. The van der Waals surface area contributed by atoms with Crippen LogP contribution in [0.4, 0.5) is 0 Å². The standard InChI is InChI=1S/C20H21ClN4O2S2/c1-14(29-17-5-3-2-4-16(17)21)19(27)24-8-6-23(7-9-24)13-15-12-18(26)25-10-11-28-20(25)22-15/h2-5,10-12,14H,6-9,13H2,1H3. The molecule has 152 valence electrons. The first-order valence-corrected chi connectivity index (χ1v) is 11.5. The highest BCUT2D eigenvalue weighted by Crippen LogP contribution is 2.30. The maximum absolute atomic E-state index is 12.8. The molecule has 3 heterocycles. The molecule has 1 atom stereocenters. The van der Waals surface area contributed by atoms with Gasteiger partial charge in [-0.05, 0) is 19.1 Å². The molecule has 0 aliphatic carbocycles. The van der Waals surface area contributed by atoms with Crippen molar-refractivity contribution < 1.29 is 4.79 Å². The summed E-state index contributed by atoms with van der Waals surface area (Å²) in [6.07, 6.45) is 1.74. The van der Waals surface area contributed by atoms with E-state index in [4.69, 9.17) is 11.6 Å². The van der Waals surface area contributed by atoms with Gasteiger partial charge in [-0.15, -0.1) is 23.1 Å². The van der Waals surface area contributed by atoms with Gasteiger partial charge in [-0.3, -0.25) is 18.9 Å². The van der Waals surface area contributed by atoms with Crippen LogP contribution in [-0.4, -0.2) is 56.5 Å². The third-order valence-electron chi connectivity index (χ3n) is 4.91. The van der Waals surface area contributed by atoms with Crippen molar-refractivity contribution in [3.63, 3.8) is 0 Å². The highest BCUT2D eigenvalue weighted by molar-refractivity contribution is 8.00. The smallest absolute Gasteiger partial charge is 0.258 e. The van der Waals surface area contributed by atoms with Crippen molar-refractivity contribution in [2.45, 2.75) is 23.6 Å². The summed E-state index contributed by atoms with van der Waals surface area (Å²) in [5.74, 6) is 0.131. The maximum Gasteiger partial charge on any atom is 0.258 e. The topological polar surface area (TPSA) is 57.9 Å². The van der Waals surface area contributed by atoms with Crippen molar-refractivity contribution in [1.29, 1.82) is 0 Å². The second-order valence-corrected chi connectivity index (χ2v) is 9.60. The minimum absolute atomic E-state index is 0.0505. The molecular weight excluding hydrogens is 428 g/mol. The Labute approximate surface area is 182 Å². The van der Waals surface area contributed by atoms with Crippen LogP contribution >= 0.6 is 34.7 Å². The van der Waals surface area contributed by atoms with E-state index in [1.54, 1.807) is 16.7 Å². The number of hydrogen-bond donors (Lipinski definition) is 0. The average molecular weight is 449 g/mol. The molecule has 1 unspecified atom stereocenters. The van der Waals surface area contributed by atoms with Crippen LogP contribution in [0.5, 0.6) is 0 Å². The van der Waals surface area contributed by atoms with Crippen LogP contribution in [0.2, 0.25) is 5.02 Å². The summed E-state index contributed by atoms with van der Waals surface area (Å²) in [5.41, 5.74) is 0.727. The Kier molecular flexibility index (Phi) is 6.24. The number of nitrogens with zero attached hydrogens (tertiary/aromatic N) is 4. The van der Waals surface area contributed by atoms with Crippen LogP contribution in [-0.2, 0) is 11.3 Å². The fourth-order valence-corrected chi connectivity index (χ4v) is 5.34. The molecule has 1 aliphatic rings. The zero-order valence-corrected chi connectivity index (χ0v) is 18.3. The van der Waals surface area contributed by atoms with Gasteiger partial charge in [0.05, 0.1) is 16.0 Å². The molecule has 0 spiro atoms. The number of benzene rings is 1. The zero-order chi connectivity index (χ0) is 20.4. The normalized spacial score (nSPS) is 16.3. The van der Waals surface area contributed by atoms with Gasteiger partial charge in [0, 0.05) is 55.3 Å². The van der Waals surface area contributed by atoms with Gasteiger partial charge in [-0.25, -0.2) is 4.98 Å². The van der Waals surface area contributed by atoms with Crippen molar-refractivity contribution in [3.05, 3.63) is 63.0 Å². The number of amides is 1. The molecule has 0 N–H and O–H groups in total. The first kappa shape index (κ1) is 20.4. The average Bonchev–Trinajstić information content (AvgIpc) is 3.19. The fraction of sp³-hybridized carbons (Fsp3) is 0.350. The number of thiazole rings is 1. The third-order valence-corrected chi connectivity index (χ3v) is 7.28. The number of carbonyl (C=O) groups is 1. The van der Waals surface area contributed by atoms with Gasteiger partial charge in [0.25, 0.3) is 5.56 Å². The summed E-state index contributed by atoms with van der Waals surface area (Å²) in [7, 11) is 0. The molecule has 2 aromatic heterocycles. The van der Waals surface area contributed by atoms with Crippen LogP contribution in [0.15, 0.2) is 51.6 Å². The molecule has 1 amide bonds. The predicted molar refractivity (Wildman–Crippen MR) is 118 cm³/mol. The summed E-state index contributed by atoms with van der Waals surface area (Å²) in [5, 5.41) is 2.34. The summed E-state index contributed by atoms with van der Waals surface area (Å²) < 4.78 is 1.56. The number of carbonyl (C=O) groups excluding carboxylic acids is 1. The summed E-state index contributed by atoms with van der Waals surface area (Å²) in [4.78, 5) is 35.3. The molecule has 9 heteroatoms. The molecule has 3 aromatic rings. The van der Waals surface area contributed by atoms with Crippen LogP contribution < -0.4 is 5.56 Å². The van der Waals surface area contributed by atoms with E-state index in [9.17, 15) is 9.59 Å². The van der Waals surface area contributed by atoms with E-state index in [0.29, 0.717) is 29.6 Å². The second-order valence-electron chi connectivity index (χ2n) is 6.93. The van der Waals surface area contributed by atoms with E-state index in [1.165, 1.54) is 23.1 Å². The molecule has 0 bridgehead atoms. The van der Waals surface area contributed by atoms with Gasteiger partial charge in [-0.2, -0.15) is 0 Å². The Bertz CT molecular complexity index is 1080. The molecule has 1 aliphatic heterocycles. The van der Waals surface area contributed by atoms with E-state index < -0.39 is 0 Å². The number of rotatable bonds is 5. The lowest BCUT2D eigenvalue weighted by atomic mass is 10.2. The van der Waals surface area contributed by atoms with Crippen molar-refractivity contribution in [2.24, 2.45) is 0 Å². The SMILES string of the molecule is CC(Sc1ccccc1Cl)C(=O)N1CCN(Cc2cc(=O)n3ccsc3n2)CC1. The lowest BCUT2D eigenvalue weighted by Gasteiger charge is -2.35. The molecule has 0 saturated carbocycles. The third kappa shape index (κ3) is 4.66. The Morgan fingerprint density at radius 3 is 2.79 bits per heavy atom. The monoisotopic (exact) mass is 448 g/mol. The number of thioether (sulfide) groups is 1. The highest BCUT2D eigenvalue weighted by atomic mass is 35.5. The number of hydrogen-bond acceptors (Lipinski definition) is 6. The first-order chi connectivity index (χ1) is 14.0. The number of piperazine rings is 1.